The quantitative estimate of drug-likeness (QED) is 0.315. The number of hydrogen-bond acceptors (Lipinski definition) is 4. The van der Waals surface area contributed by atoms with E-state index in [1.807, 2.05) is 0 Å². The summed E-state index contributed by atoms with van der Waals surface area (Å²) in [5, 5.41) is 13.2. The molecule has 6 nitrogen and oxygen atoms in total. The molecule has 0 radical (unpaired) electrons. The molecule has 0 unspecified atom stereocenters. The van der Waals surface area contributed by atoms with E-state index in [0.717, 1.165) is 24.3 Å². The van der Waals surface area contributed by atoms with Crippen molar-refractivity contribution in [2.45, 2.75) is 19.9 Å². The Kier molecular flexibility index (Phi) is 7.05. The fourth-order valence-corrected chi connectivity index (χ4v) is 2.65. The Bertz CT molecular complexity index is 893. The van der Waals surface area contributed by atoms with Crippen molar-refractivity contribution >= 4 is 17.3 Å². The van der Waals surface area contributed by atoms with Gasteiger partial charge in [0.15, 0.2) is 17.5 Å². The number of nitro benzene ring substituents is 1. The Morgan fingerprint density at radius 2 is 1.86 bits per heavy atom. The summed E-state index contributed by atoms with van der Waals surface area (Å²) in [6.07, 6.45) is 0.579. The molecule has 2 aromatic carbocycles. The molecular formula is C18H17F4N3O3. The average Bonchev–Trinajstić information content (AvgIpc) is 2.62. The largest absolute Gasteiger partial charge is 0.322 e. The summed E-state index contributed by atoms with van der Waals surface area (Å²) < 4.78 is 53.4. The zero-order chi connectivity index (χ0) is 20.8. The molecule has 0 fully saturated rings. The Labute approximate surface area is 157 Å². The van der Waals surface area contributed by atoms with E-state index in [4.69, 9.17) is 0 Å². The Balaban J connectivity index is 2.15. The topological polar surface area (TPSA) is 75.5 Å². The van der Waals surface area contributed by atoms with Crippen LogP contribution in [0.5, 0.6) is 0 Å². The molecule has 1 N–H and O–H groups in total. The molecule has 2 aromatic rings. The molecule has 0 aliphatic rings. The van der Waals surface area contributed by atoms with Crippen molar-refractivity contribution < 1.29 is 27.3 Å². The summed E-state index contributed by atoms with van der Waals surface area (Å²) >= 11 is 0. The van der Waals surface area contributed by atoms with Crippen LogP contribution in [0.25, 0.3) is 0 Å². The van der Waals surface area contributed by atoms with Crippen molar-refractivity contribution in [3.8, 4) is 0 Å². The third kappa shape index (κ3) is 5.26. The molecule has 0 spiro atoms. The van der Waals surface area contributed by atoms with E-state index in [-0.39, 0.29) is 24.3 Å². The second-order valence-corrected chi connectivity index (χ2v) is 6.01. The molecule has 0 heterocycles. The van der Waals surface area contributed by atoms with E-state index in [9.17, 15) is 32.5 Å². The number of nitro groups is 1. The smallest absolute Gasteiger partial charge is 0.274 e. The van der Waals surface area contributed by atoms with Crippen LogP contribution in [0.2, 0.25) is 0 Å². The lowest BCUT2D eigenvalue weighted by atomic mass is 10.1. The average molecular weight is 399 g/mol. The molecule has 150 valence electrons. The van der Waals surface area contributed by atoms with Crippen LogP contribution < -0.4 is 5.32 Å². The molecule has 28 heavy (non-hydrogen) atoms. The molecule has 10 heteroatoms. The van der Waals surface area contributed by atoms with Crippen molar-refractivity contribution in [2.24, 2.45) is 0 Å². The fourth-order valence-electron chi connectivity index (χ4n) is 2.65. The first-order valence-electron chi connectivity index (χ1n) is 8.31. The summed E-state index contributed by atoms with van der Waals surface area (Å²) in [7, 11) is 0. The summed E-state index contributed by atoms with van der Waals surface area (Å²) in [6.45, 7) is 1.72. The SMILES string of the molecule is CCCN(CC(=O)Nc1ccc(F)c(F)c1F)Cc1cc(F)ccc1[N+](=O)[O-]. The van der Waals surface area contributed by atoms with E-state index in [2.05, 4.69) is 5.32 Å². The van der Waals surface area contributed by atoms with Gasteiger partial charge in [0.05, 0.1) is 17.2 Å². The van der Waals surface area contributed by atoms with Crippen LogP contribution in [0.15, 0.2) is 30.3 Å². The van der Waals surface area contributed by atoms with E-state index in [1.54, 1.807) is 6.92 Å². The van der Waals surface area contributed by atoms with Gasteiger partial charge in [0.2, 0.25) is 5.91 Å². The van der Waals surface area contributed by atoms with Gasteiger partial charge in [-0.2, -0.15) is 0 Å². The van der Waals surface area contributed by atoms with Gasteiger partial charge in [-0.15, -0.1) is 0 Å². The van der Waals surface area contributed by atoms with Crippen molar-refractivity contribution in [1.82, 2.24) is 4.90 Å². The first-order chi connectivity index (χ1) is 13.2. The number of carbonyl (C=O) groups excluding carboxylic acids is 1. The van der Waals surface area contributed by atoms with Gasteiger partial charge in [-0.1, -0.05) is 6.92 Å². The van der Waals surface area contributed by atoms with E-state index >= 15 is 0 Å². The zero-order valence-corrected chi connectivity index (χ0v) is 14.8. The number of halogens is 4. The summed E-state index contributed by atoms with van der Waals surface area (Å²) in [5.41, 5.74) is -0.753. The highest BCUT2D eigenvalue weighted by Gasteiger charge is 2.20. The van der Waals surface area contributed by atoms with E-state index < -0.39 is 39.8 Å². The first kappa shape index (κ1) is 21.3. The Morgan fingerprint density at radius 1 is 1.14 bits per heavy atom. The number of benzene rings is 2. The highest BCUT2D eigenvalue weighted by atomic mass is 19.2. The molecular weight excluding hydrogens is 382 g/mol. The van der Waals surface area contributed by atoms with E-state index in [1.165, 1.54) is 4.90 Å². The van der Waals surface area contributed by atoms with Crippen LogP contribution in [0.4, 0.5) is 28.9 Å². The standard InChI is InChI=1S/C18H17F4N3O3/c1-2-7-24(9-11-8-12(19)3-6-15(11)25(27)28)10-16(26)23-14-5-4-13(20)17(21)18(14)22/h3-6,8H,2,7,9-10H2,1H3,(H,23,26). The van der Waals surface area contributed by atoms with Crippen molar-refractivity contribution in [3.05, 3.63) is 69.3 Å². The third-order valence-corrected chi connectivity index (χ3v) is 3.85. The van der Waals surface area contributed by atoms with Crippen LogP contribution in [0, 0.1) is 33.4 Å². The Morgan fingerprint density at radius 3 is 2.50 bits per heavy atom. The lowest BCUT2D eigenvalue weighted by Crippen LogP contribution is -2.34. The molecule has 0 aliphatic carbocycles. The summed E-state index contributed by atoms with van der Waals surface area (Å²) in [5.74, 6) is -6.03. The van der Waals surface area contributed by atoms with Gasteiger partial charge in [0, 0.05) is 18.2 Å². The summed E-state index contributed by atoms with van der Waals surface area (Å²) in [4.78, 5) is 24.1. The van der Waals surface area contributed by atoms with Gasteiger partial charge >= 0.3 is 0 Å². The molecule has 0 aliphatic heterocycles. The number of hydrogen-bond donors (Lipinski definition) is 1. The lowest BCUT2D eigenvalue weighted by Gasteiger charge is -2.21. The predicted octanol–water partition coefficient (Wildman–Crippen LogP) is 4.00. The van der Waals surface area contributed by atoms with Gasteiger partial charge in [0.1, 0.15) is 5.82 Å². The molecule has 2 rings (SSSR count). The first-order valence-corrected chi connectivity index (χ1v) is 8.31. The normalized spacial score (nSPS) is 10.9. The molecule has 0 bridgehead atoms. The number of anilines is 1. The molecule has 0 saturated carbocycles. The highest BCUT2D eigenvalue weighted by molar-refractivity contribution is 5.92. The fraction of sp³-hybridized carbons (Fsp3) is 0.278. The third-order valence-electron chi connectivity index (χ3n) is 3.85. The predicted molar refractivity (Wildman–Crippen MR) is 93.6 cm³/mol. The van der Waals surface area contributed by atoms with Crippen molar-refractivity contribution in [2.75, 3.05) is 18.4 Å². The van der Waals surface area contributed by atoms with Crippen LogP contribution in [-0.2, 0) is 11.3 Å². The van der Waals surface area contributed by atoms with Crippen molar-refractivity contribution in [3.63, 3.8) is 0 Å². The number of amides is 1. The van der Waals surface area contributed by atoms with Gasteiger partial charge in [-0.3, -0.25) is 19.8 Å². The minimum atomic E-state index is -1.71. The molecule has 1 amide bonds. The lowest BCUT2D eigenvalue weighted by molar-refractivity contribution is -0.385. The van der Waals surface area contributed by atoms with Gasteiger partial charge in [-0.05, 0) is 37.2 Å². The van der Waals surface area contributed by atoms with Crippen LogP contribution in [-0.4, -0.2) is 28.8 Å². The zero-order valence-electron chi connectivity index (χ0n) is 14.8. The molecule has 0 aromatic heterocycles. The number of nitrogens with zero attached hydrogens (tertiary/aromatic N) is 2. The Hall–Kier alpha value is -3.01. The second kappa shape index (κ2) is 9.27. The monoisotopic (exact) mass is 399 g/mol. The van der Waals surface area contributed by atoms with Crippen molar-refractivity contribution in [1.29, 1.82) is 0 Å². The highest BCUT2D eigenvalue weighted by Crippen LogP contribution is 2.22. The van der Waals surface area contributed by atoms with E-state index in [0.29, 0.717) is 19.0 Å². The maximum absolute atomic E-state index is 13.7. The second-order valence-electron chi connectivity index (χ2n) is 6.01. The maximum atomic E-state index is 13.7. The molecule has 0 atom stereocenters. The number of rotatable bonds is 8. The number of nitrogens with one attached hydrogen (secondary N) is 1. The summed E-state index contributed by atoms with van der Waals surface area (Å²) in [6, 6.07) is 4.56. The molecule has 0 saturated heterocycles. The van der Waals surface area contributed by atoms with Gasteiger partial charge < -0.3 is 5.32 Å². The van der Waals surface area contributed by atoms with Gasteiger partial charge in [0.25, 0.3) is 5.69 Å². The van der Waals surface area contributed by atoms with Crippen LogP contribution in [0.3, 0.4) is 0 Å². The minimum absolute atomic E-state index is 0.0743. The maximum Gasteiger partial charge on any atom is 0.274 e. The minimum Gasteiger partial charge on any atom is -0.322 e. The van der Waals surface area contributed by atoms with Gasteiger partial charge in [-0.25, -0.2) is 17.6 Å². The van der Waals surface area contributed by atoms with Crippen LogP contribution in [0.1, 0.15) is 18.9 Å². The van der Waals surface area contributed by atoms with Crippen LogP contribution >= 0.6 is 0 Å². The number of carbonyl (C=O) groups is 1.